The SMILES string of the molecule is CC(C)(C)c1ccc(C(=O)NC(=Cc2ccco2)C(=O)O)cc1. The van der Waals surface area contributed by atoms with Crippen molar-refractivity contribution >= 4 is 18.0 Å². The number of nitrogens with one attached hydrogen (secondary N) is 1. The first-order valence-corrected chi connectivity index (χ1v) is 7.18. The van der Waals surface area contributed by atoms with Gasteiger partial charge in [0, 0.05) is 11.6 Å². The van der Waals surface area contributed by atoms with E-state index < -0.39 is 11.9 Å². The summed E-state index contributed by atoms with van der Waals surface area (Å²) in [4.78, 5) is 23.5. The first-order chi connectivity index (χ1) is 10.8. The van der Waals surface area contributed by atoms with Crippen LogP contribution in [0.4, 0.5) is 0 Å². The summed E-state index contributed by atoms with van der Waals surface area (Å²) in [6.07, 6.45) is 2.70. The monoisotopic (exact) mass is 313 g/mol. The molecule has 0 aliphatic heterocycles. The first kappa shape index (κ1) is 16.5. The summed E-state index contributed by atoms with van der Waals surface area (Å²) in [5, 5.41) is 11.6. The number of carboxylic acids is 1. The molecule has 0 atom stereocenters. The summed E-state index contributed by atoms with van der Waals surface area (Å²) in [5.41, 5.74) is 1.23. The molecule has 120 valence electrons. The molecule has 1 aromatic heterocycles. The number of benzene rings is 1. The van der Waals surface area contributed by atoms with Gasteiger partial charge in [-0.15, -0.1) is 0 Å². The van der Waals surface area contributed by atoms with Crippen molar-refractivity contribution in [3.63, 3.8) is 0 Å². The van der Waals surface area contributed by atoms with E-state index in [1.807, 2.05) is 12.1 Å². The van der Waals surface area contributed by atoms with Crippen molar-refractivity contribution in [1.82, 2.24) is 5.32 Å². The van der Waals surface area contributed by atoms with Gasteiger partial charge in [0.15, 0.2) is 0 Å². The maximum atomic E-state index is 12.2. The van der Waals surface area contributed by atoms with Crippen LogP contribution >= 0.6 is 0 Å². The van der Waals surface area contributed by atoms with Crippen molar-refractivity contribution in [2.45, 2.75) is 26.2 Å². The standard InChI is InChI=1S/C18H19NO4/c1-18(2,3)13-8-6-12(7-9-13)16(20)19-15(17(21)22)11-14-5-4-10-23-14/h4-11H,1-3H3,(H,19,20)(H,21,22). The fourth-order valence-electron chi connectivity index (χ4n) is 1.98. The molecule has 0 saturated carbocycles. The molecule has 0 radical (unpaired) electrons. The number of furan rings is 1. The Morgan fingerprint density at radius 1 is 1.13 bits per heavy atom. The van der Waals surface area contributed by atoms with Gasteiger partial charge in [-0.2, -0.15) is 0 Å². The van der Waals surface area contributed by atoms with Crippen molar-refractivity contribution in [2.24, 2.45) is 0 Å². The fraction of sp³-hybridized carbons (Fsp3) is 0.222. The third-order valence-electron chi connectivity index (χ3n) is 3.32. The van der Waals surface area contributed by atoms with Gasteiger partial charge in [0.05, 0.1) is 6.26 Å². The van der Waals surface area contributed by atoms with Gasteiger partial charge in [-0.05, 0) is 35.2 Å². The van der Waals surface area contributed by atoms with Crippen molar-refractivity contribution < 1.29 is 19.1 Å². The van der Waals surface area contributed by atoms with Gasteiger partial charge in [0.2, 0.25) is 0 Å². The summed E-state index contributed by atoms with van der Waals surface area (Å²) in [5.74, 6) is -1.36. The maximum absolute atomic E-state index is 12.2. The zero-order chi connectivity index (χ0) is 17.0. The normalized spacial score (nSPS) is 12.0. The van der Waals surface area contributed by atoms with E-state index in [1.165, 1.54) is 12.3 Å². The third-order valence-corrected chi connectivity index (χ3v) is 3.32. The Kier molecular flexibility index (Phi) is 4.69. The second-order valence-electron chi connectivity index (χ2n) is 6.16. The molecule has 1 amide bonds. The summed E-state index contributed by atoms with van der Waals surface area (Å²) >= 11 is 0. The molecule has 23 heavy (non-hydrogen) atoms. The van der Waals surface area contributed by atoms with Crippen LogP contribution in [0.5, 0.6) is 0 Å². The minimum absolute atomic E-state index is 0.0135. The molecule has 2 aromatic rings. The molecule has 2 rings (SSSR count). The van der Waals surface area contributed by atoms with Crippen LogP contribution in [0.15, 0.2) is 52.8 Å². The van der Waals surface area contributed by atoms with E-state index in [4.69, 9.17) is 4.42 Å². The molecule has 2 N–H and O–H groups in total. The fourth-order valence-corrected chi connectivity index (χ4v) is 1.98. The molecule has 1 heterocycles. The van der Waals surface area contributed by atoms with Crippen molar-refractivity contribution in [3.8, 4) is 0 Å². The minimum atomic E-state index is -1.24. The van der Waals surface area contributed by atoms with Gasteiger partial charge in [-0.25, -0.2) is 4.79 Å². The van der Waals surface area contributed by atoms with E-state index in [0.717, 1.165) is 5.56 Å². The van der Waals surface area contributed by atoms with Crippen molar-refractivity contribution in [2.75, 3.05) is 0 Å². The summed E-state index contributed by atoms with van der Waals surface area (Å²) < 4.78 is 5.06. The van der Waals surface area contributed by atoms with Crippen LogP contribution in [-0.4, -0.2) is 17.0 Å². The smallest absolute Gasteiger partial charge is 0.352 e. The Morgan fingerprint density at radius 2 is 1.78 bits per heavy atom. The largest absolute Gasteiger partial charge is 0.477 e. The van der Waals surface area contributed by atoms with Gasteiger partial charge in [0.1, 0.15) is 11.5 Å². The van der Waals surface area contributed by atoms with Crippen LogP contribution in [-0.2, 0) is 10.2 Å². The van der Waals surface area contributed by atoms with Gasteiger partial charge >= 0.3 is 5.97 Å². The minimum Gasteiger partial charge on any atom is -0.477 e. The number of carbonyl (C=O) groups is 2. The number of carbonyl (C=O) groups excluding carboxylic acids is 1. The number of aliphatic carboxylic acids is 1. The van der Waals surface area contributed by atoms with Gasteiger partial charge < -0.3 is 14.8 Å². The first-order valence-electron chi connectivity index (χ1n) is 7.18. The lowest BCUT2D eigenvalue weighted by atomic mass is 9.87. The second-order valence-corrected chi connectivity index (χ2v) is 6.16. The molecule has 0 aliphatic rings. The molecule has 0 saturated heterocycles. The summed E-state index contributed by atoms with van der Waals surface area (Å²) in [6.45, 7) is 6.24. The van der Waals surface area contributed by atoms with E-state index in [0.29, 0.717) is 11.3 Å². The molecule has 0 bridgehead atoms. The Balaban J connectivity index is 2.18. The Bertz CT molecular complexity index is 719. The predicted molar refractivity (Wildman–Crippen MR) is 86.9 cm³/mol. The Labute approximate surface area is 134 Å². The highest BCUT2D eigenvalue weighted by Gasteiger charge is 2.16. The molecule has 0 fully saturated rings. The van der Waals surface area contributed by atoms with Crippen LogP contribution in [0.2, 0.25) is 0 Å². The lowest BCUT2D eigenvalue weighted by Crippen LogP contribution is -2.27. The molecule has 5 heteroatoms. The second kappa shape index (κ2) is 6.52. The van der Waals surface area contributed by atoms with Crippen molar-refractivity contribution in [1.29, 1.82) is 0 Å². The van der Waals surface area contributed by atoms with Gasteiger partial charge in [-0.1, -0.05) is 32.9 Å². The average Bonchev–Trinajstić information content (AvgIpc) is 2.98. The van der Waals surface area contributed by atoms with E-state index >= 15 is 0 Å². The number of hydrogen-bond acceptors (Lipinski definition) is 3. The number of carboxylic acid groups (broad SMARTS) is 1. The van der Waals surface area contributed by atoms with Gasteiger partial charge in [-0.3, -0.25) is 4.79 Å². The summed E-state index contributed by atoms with van der Waals surface area (Å²) in [6, 6.07) is 10.3. The maximum Gasteiger partial charge on any atom is 0.352 e. The van der Waals surface area contributed by atoms with Crippen LogP contribution in [0, 0.1) is 0 Å². The molecule has 1 aromatic carbocycles. The van der Waals surface area contributed by atoms with Crippen molar-refractivity contribution in [3.05, 3.63) is 65.2 Å². The lowest BCUT2D eigenvalue weighted by molar-refractivity contribution is -0.132. The highest BCUT2D eigenvalue weighted by molar-refractivity contribution is 6.02. The molecule has 0 unspecified atom stereocenters. The highest BCUT2D eigenvalue weighted by Crippen LogP contribution is 2.22. The lowest BCUT2D eigenvalue weighted by Gasteiger charge is -2.19. The van der Waals surface area contributed by atoms with E-state index in [1.54, 1.807) is 24.3 Å². The van der Waals surface area contributed by atoms with Crippen LogP contribution in [0.1, 0.15) is 42.5 Å². The van der Waals surface area contributed by atoms with E-state index in [-0.39, 0.29) is 11.1 Å². The van der Waals surface area contributed by atoms with Crippen LogP contribution in [0.25, 0.3) is 6.08 Å². The van der Waals surface area contributed by atoms with E-state index in [2.05, 4.69) is 26.1 Å². The molecular weight excluding hydrogens is 294 g/mol. The van der Waals surface area contributed by atoms with Crippen LogP contribution < -0.4 is 5.32 Å². The molecule has 0 aliphatic carbocycles. The molecule has 5 nitrogen and oxygen atoms in total. The zero-order valence-corrected chi connectivity index (χ0v) is 13.3. The number of rotatable bonds is 4. The highest BCUT2D eigenvalue weighted by atomic mass is 16.4. The average molecular weight is 313 g/mol. The van der Waals surface area contributed by atoms with Gasteiger partial charge in [0.25, 0.3) is 5.91 Å². The zero-order valence-electron chi connectivity index (χ0n) is 13.3. The summed E-state index contributed by atoms with van der Waals surface area (Å²) in [7, 11) is 0. The Morgan fingerprint density at radius 3 is 2.26 bits per heavy atom. The third kappa shape index (κ3) is 4.32. The quantitative estimate of drug-likeness (QED) is 0.848. The predicted octanol–water partition coefficient (Wildman–Crippen LogP) is 3.43. The number of hydrogen-bond donors (Lipinski definition) is 2. The van der Waals surface area contributed by atoms with Crippen LogP contribution in [0.3, 0.4) is 0 Å². The topological polar surface area (TPSA) is 79.5 Å². The molecular formula is C18H19NO4. The molecule has 0 spiro atoms. The number of amides is 1. The Hall–Kier alpha value is -2.82. The van der Waals surface area contributed by atoms with E-state index in [9.17, 15) is 14.7 Å².